The third-order valence-corrected chi connectivity index (χ3v) is 5.06. The lowest BCUT2D eigenvalue weighted by Crippen LogP contribution is -2.12. The van der Waals surface area contributed by atoms with Gasteiger partial charge in [0, 0.05) is 29.5 Å². The number of pyridine rings is 1. The minimum atomic E-state index is -0.282. The molecule has 0 bridgehead atoms. The molecule has 7 nitrogen and oxygen atoms in total. The van der Waals surface area contributed by atoms with E-state index in [0.717, 1.165) is 33.2 Å². The summed E-state index contributed by atoms with van der Waals surface area (Å²) in [5.74, 6) is -0.282. The molecule has 0 saturated carbocycles. The van der Waals surface area contributed by atoms with Crippen LogP contribution in [0, 0.1) is 6.92 Å². The molecule has 2 N–H and O–H groups in total. The number of nitrogens with zero attached hydrogens (tertiary/aromatic N) is 4. The van der Waals surface area contributed by atoms with Crippen LogP contribution in [0.25, 0.3) is 22.0 Å². The second-order valence-corrected chi connectivity index (χ2v) is 7.45. The molecule has 3 heterocycles. The Morgan fingerprint density at radius 3 is 2.74 bits per heavy atom. The molecule has 0 aliphatic heterocycles. The van der Waals surface area contributed by atoms with Crippen LogP contribution in [0.5, 0.6) is 0 Å². The van der Waals surface area contributed by atoms with Gasteiger partial charge in [-0.15, -0.1) is 0 Å². The molecule has 0 radical (unpaired) electrons. The number of H-pyrrole nitrogens is 1. The normalized spacial score (nSPS) is 11.0. The SMILES string of the molecule is Cc1cncc(-c2ccc3c(C(=O)Nc4cnn(Cc5ccccc5)c4)n[nH]c3c2)c1. The first-order chi connectivity index (χ1) is 15.2. The van der Waals surface area contributed by atoms with Gasteiger partial charge in [0.2, 0.25) is 0 Å². The largest absolute Gasteiger partial charge is 0.318 e. The standard InChI is InChI=1S/C24H20N6O/c1-16-9-19(12-25-11-16)18-7-8-21-22(10-18)28-29-23(21)24(31)27-20-13-26-30(15-20)14-17-5-3-2-4-6-17/h2-13,15H,14H2,1H3,(H,27,31)(H,28,29). The third kappa shape index (κ3) is 3.93. The van der Waals surface area contributed by atoms with E-state index in [1.165, 1.54) is 0 Å². The van der Waals surface area contributed by atoms with E-state index in [0.29, 0.717) is 17.9 Å². The Hall–Kier alpha value is -4.26. The molecule has 5 rings (SSSR count). The molecular formula is C24H20N6O. The van der Waals surface area contributed by atoms with Gasteiger partial charge in [0.1, 0.15) is 0 Å². The maximum Gasteiger partial charge on any atom is 0.276 e. The van der Waals surface area contributed by atoms with Gasteiger partial charge in [-0.3, -0.25) is 19.6 Å². The highest BCUT2D eigenvalue weighted by molar-refractivity contribution is 6.11. The van der Waals surface area contributed by atoms with E-state index < -0.39 is 0 Å². The van der Waals surface area contributed by atoms with E-state index in [9.17, 15) is 4.79 Å². The Balaban J connectivity index is 1.34. The molecule has 31 heavy (non-hydrogen) atoms. The molecule has 0 atom stereocenters. The van der Waals surface area contributed by atoms with Crippen molar-refractivity contribution in [1.82, 2.24) is 25.0 Å². The highest BCUT2D eigenvalue weighted by atomic mass is 16.2. The van der Waals surface area contributed by atoms with Gasteiger partial charge < -0.3 is 5.32 Å². The number of amides is 1. The number of aromatic amines is 1. The lowest BCUT2D eigenvalue weighted by molar-refractivity contribution is 0.102. The first-order valence-electron chi connectivity index (χ1n) is 9.93. The molecule has 0 fully saturated rings. The van der Waals surface area contributed by atoms with Crippen molar-refractivity contribution >= 4 is 22.5 Å². The van der Waals surface area contributed by atoms with Crippen LogP contribution < -0.4 is 5.32 Å². The Morgan fingerprint density at radius 1 is 1.03 bits per heavy atom. The van der Waals surface area contributed by atoms with Gasteiger partial charge in [-0.05, 0) is 41.8 Å². The van der Waals surface area contributed by atoms with Crippen molar-refractivity contribution in [3.05, 3.63) is 96.2 Å². The number of aromatic nitrogens is 5. The summed E-state index contributed by atoms with van der Waals surface area (Å²) in [7, 11) is 0. The van der Waals surface area contributed by atoms with Crippen molar-refractivity contribution in [2.45, 2.75) is 13.5 Å². The Morgan fingerprint density at radius 2 is 1.90 bits per heavy atom. The molecule has 0 unspecified atom stereocenters. The van der Waals surface area contributed by atoms with Gasteiger partial charge in [0.25, 0.3) is 5.91 Å². The van der Waals surface area contributed by atoms with Crippen molar-refractivity contribution in [3.63, 3.8) is 0 Å². The predicted octanol–water partition coefficient (Wildman–Crippen LogP) is 4.43. The van der Waals surface area contributed by atoms with E-state index in [4.69, 9.17) is 0 Å². The molecule has 0 saturated heterocycles. The molecule has 0 aliphatic carbocycles. The fourth-order valence-corrected chi connectivity index (χ4v) is 3.56. The zero-order chi connectivity index (χ0) is 21.2. The fourth-order valence-electron chi connectivity index (χ4n) is 3.56. The number of benzene rings is 2. The van der Waals surface area contributed by atoms with E-state index in [2.05, 4.69) is 31.7 Å². The van der Waals surface area contributed by atoms with Crippen LogP contribution >= 0.6 is 0 Å². The van der Waals surface area contributed by atoms with Crippen molar-refractivity contribution in [2.24, 2.45) is 0 Å². The average molecular weight is 408 g/mol. The molecule has 3 aromatic heterocycles. The highest BCUT2D eigenvalue weighted by Crippen LogP contribution is 2.25. The summed E-state index contributed by atoms with van der Waals surface area (Å²) in [6.07, 6.45) is 7.09. The summed E-state index contributed by atoms with van der Waals surface area (Å²) in [5.41, 5.74) is 6.04. The lowest BCUT2D eigenvalue weighted by atomic mass is 10.0. The van der Waals surface area contributed by atoms with Gasteiger partial charge in [-0.2, -0.15) is 10.2 Å². The quantitative estimate of drug-likeness (QED) is 0.450. The number of aryl methyl sites for hydroxylation is 1. The maximum absolute atomic E-state index is 12.8. The molecular weight excluding hydrogens is 388 g/mol. The minimum absolute atomic E-state index is 0.282. The van der Waals surface area contributed by atoms with Gasteiger partial charge in [-0.1, -0.05) is 36.4 Å². The van der Waals surface area contributed by atoms with E-state index in [-0.39, 0.29) is 5.91 Å². The second kappa shape index (κ2) is 7.87. The molecule has 0 spiro atoms. The van der Waals surface area contributed by atoms with Gasteiger partial charge in [0.05, 0.1) is 23.9 Å². The zero-order valence-corrected chi connectivity index (χ0v) is 16.9. The van der Waals surface area contributed by atoms with Crippen molar-refractivity contribution in [3.8, 4) is 11.1 Å². The number of hydrogen-bond donors (Lipinski definition) is 2. The van der Waals surface area contributed by atoms with Gasteiger partial charge >= 0.3 is 0 Å². The van der Waals surface area contributed by atoms with Crippen LogP contribution in [-0.2, 0) is 6.54 Å². The van der Waals surface area contributed by atoms with Crippen LogP contribution in [0.3, 0.4) is 0 Å². The Labute approximate surface area is 178 Å². The molecule has 5 aromatic rings. The maximum atomic E-state index is 12.8. The number of rotatable bonds is 5. The molecule has 2 aromatic carbocycles. The minimum Gasteiger partial charge on any atom is -0.318 e. The van der Waals surface area contributed by atoms with Crippen LogP contribution in [0.2, 0.25) is 0 Å². The summed E-state index contributed by atoms with van der Waals surface area (Å²) in [4.78, 5) is 17.1. The first kappa shape index (κ1) is 18.7. The van der Waals surface area contributed by atoms with E-state index in [1.54, 1.807) is 10.9 Å². The molecule has 1 amide bonds. The summed E-state index contributed by atoms with van der Waals surface area (Å²) >= 11 is 0. The molecule has 7 heteroatoms. The number of carbonyl (C=O) groups excluding carboxylic acids is 1. The monoisotopic (exact) mass is 408 g/mol. The summed E-state index contributed by atoms with van der Waals surface area (Å²) < 4.78 is 1.79. The molecule has 0 aliphatic rings. The number of anilines is 1. The fraction of sp³-hybridized carbons (Fsp3) is 0.0833. The van der Waals surface area contributed by atoms with Crippen LogP contribution in [0.1, 0.15) is 21.6 Å². The second-order valence-electron chi connectivity index (χ2n) is 7.45. The van der Waals surface area contributed by atoms with Gasteiger partial charge in [0.15, 0.2) is 5.69 Å². The third-order valence-electron chi connectivity index (χ3n) is 5.06. The first-order valence-corrected chi connectivity index (χ1v) is 9.93. The lowest BCUT2D eigenvalue weighted by Gasteiger charge is -2.03. The van der Waals surface area contributed by atoms with Crippen LogP contribution in [0.4, 0.5) is 5.69 Å². The van der Waals surface area contributed by atoms with E-state index in [1.807, 2.05) is 74.0 Å². The predicted molar refractivity (Wildman–Crippen MR) is 120 cm³/mol. The summed E-state index contributed by atoms with van der Waals surface area (Å²) in [6.45, 7) is 2.65. The van der Waals surface area contributed by atoms with Crippen molar-refractivity contribution < 1.29 is 4.79 Å². The summed E-state index contributed by atoms with van der Waals surface area (Å²) in [6, 6.07) is 18.0. The smallest absolute Gasteiger partial charge is 0.276 e. The van der Waals surface area contributed by atoms with Crippen molar-refractivity contribution in [1.29, 1.82) is 0 Å². The molecule has 152 valence electrons. The van der Waals surface area contributed by atoms with Crippen LogP contribution in [0.15, 0.2) is 79.4 Å². The summed E-state index contributed by atoms with van der Waals surface area (Å²) in [5, 5.41) is 15.2. The topological polar surface area (TPSA) is 88.5 Å². The zero-order valence-electron chi connectivity index (χ0n) is 16.9. The number of carbonyl (C=O) groups is 1. The number of nitrogens with one attached hydrogen (secondary N) is 2. The highest BCUT2D eigenvalue weighted by Gasteiger charge is 2.16. The van der Waals surface area contributed by atoms with Crippen molar-refractivity contribution in [2.75, 3.05) is 5.32 Å². The Kier molecular flexibility index (Phi) is 4.76. The van der Waals surface area contributed by atoms with E-state index >= 15 is 0 Å². The Bertz CT molecular complexity index is 1370. The van der Waals surface area contributed by atoms with Gasteiger partial charge in [-0.25, -0.2) is 0 Å². The number of fused-ring (bicyclic) bond motifs is 1. The average Bonchev–Trinajstić information content (AvgIpc) is 3.40. The number of hydrogen-bond acceptors (Lipinski definition) is 4. The van der Waals surface area contributed by atoms with Crippen LogP contribution in [-0.4, -0.2) is 30.9 Å².